The van der Waals surface area contributed by atoms with Gasteiger partial charge in [-0.2, -0.15) is 0 Å². The number of aliphatic hydroxyl groups excluding tert-OH is 1. The molecule has 0 fully saturated rings. The Morgan fingerprint density at radius 3 is 2.28 bits per heavy atom. The quantitative estimate of drug-likeness (QED) is 0.669. The topological polar surface area (TPSA) is 104 Å². The molecule has 2 rings (SSSR count). The van der Waals surface area contributed by atoms with Crippen LogP contribution in [0, 0.1) is 0 Å². The molecule has 1 aromatic rings. The molecular weight excluding hydrogens is 240 g/mol. The molecule has 0 spiro atoms. The van der Waals surface area contributed by atoms with Gasteiger partial charge in [0.05, 0.1) is 17.7 Å². The number of Topliss-reactive ketones (excluding diaryl/α,β-unsaturated/α-hetero) is 1. The van der Waals surface area contributed by atoms with Gasteiger partial charge in [-0.3, -0.25) is 9.59 Å². The largest absolute Gasteiger partial charge is 0.507 e. The van der Waals surface area contributed by atoms with Crippen molar-refractivity contribution in [3.8, 4) is 11.5 Å². The maximum absolute atomic E-state index is 11.9. The van der Waals surface area contributed by atoms with Gasteiger partial charge in [0.1, 0.15) is 18.1 Å². The van der Waals surface area contributed by atoms with Crippen LogP contribution in [0.25, 0.3) is 0 Å². The zero-order valence-corrected chi connectivity index (χ0v) is 9.21. The third-order valence-corrected chi connectivity index (χ3v) is 2.47. The molecule has 1 aromatic carbocycles. The van der Waals surface area contributed by atoms with E-state index in [9.17, 15) is 19.8 Å². The summed E-state index contributed by atoms with van der Waals surface area (Å²) in [5, 5.41) is 27.7. The standard InChI is InChI=1S/C12H10O6/c13-3-4-18-9-5-8(16)10-6(14)1-2-7(15)11(10)12(9)17/h1-2,5,13-15H,3-4H2. The molecule has 0 radical (unpaired) electrons. The van der Waals surface area contributed by atoms with Crippen LogP contribution in [0.4, 0.5) is 0 Å². The number of rotatable bonds is 3. The number of aromatic hydroxyl groups is 2. The predicted octanol–water partition coefficient (Wildman–Crippen LogP) is 0.370. The van der Waals surface area contributed by atoms with Gasteiger partial charge in [-0.15, -0.1) is 0 Å². The second-order valence-electron chi connectivity index (χ2n) is 3.63. The number of ketones is 2. The van der Waals surface area contributed by atoms with E-state index in [0.717, 1.165) is 18.2 Å². The molecule has 0 saturated carbocycles. The fourth-order valence-corrected chi connectivity index (χ4v) is 1.70. The van der Waals surface area contributed by atoms with Gasteiger partial charge >= 0.3 is 0 Å². The van der Waals surface area contributed by atoms with E-state index < -0.39 is 17.3 Å². The van der Waals surface area contributed by atoms with Gasteiger partial charge in [0.2, 0.25) is 5.78 Å². The first kappa shape index (κ1) is 12.1. The third-order valence-electron chi connectivity index (χ3n) is 2.47. The van der Waals surface area contributed by atoms with Crippen LogP contribution >= 0.6 is 0 Å². The number of fused-ring (bicyclic) bond motifs is 1. The molecule has 0 amide bonds. The molecule has 6 heteroatoms. The van der Waals surface area contributed by atoms with Gasteiger partial charge in [0, 0.05) is 6.08 Å². The minimum atomic E-state index is -0.702. The minimum absolute atomic E-state index is 0.139. The van der Waals surface area contributed by atoms with Crippen molar-refractivity contribution in [3.05, 3.63) is 35.1 Å². The van der Waals surface area contributed by atoms with Crippen molar-refractivity contribution < 1.29 is 29.6 Å². The van der Waals surface area contributed by atoms with Crippen molar-refractivity contribution in [1.82, 2.24) is 0 Å². The van der Waals surface area contributed by atoms with Crippen LogP contribution in [0.1, 0.15) is 20.7 Å². The van der Waals surface area contributed by atoms with Gasteiger partial charge in [-0.1, -0.05) is 0 Å². The lowest BCUT2D eigenvalue weighted by atomic mass is 9.92. The van der Waals surface area contributed by atoms with E-state index in [1.165, 1.54) is 0 Å². The van der Waals surface area contributed by atoms with Crippen LogP contribution in [-0.4, -0.2) is 40.1 Å². The molecule has 0 saturated heterocycles. The summed E-state index contributed by atoms with van der Waals surface area (Å²) >= 11 is 0. The first-order valence-electron chi connectivity index (χ1n) is 5.15. The van der Waals surface area contributed by atoms with Crippen molar-refractivity contribution >= 4 is 11.6 Å². The smallest absolute Gasteiger partial charge is 0.232 e. The summed E-state index contributed by atoms with van der Waals surface area (Å²) < 4.78 is 4.91. The van der Waals surface area contributed by atoms with E-state index in [2.05, 4.69) is 0 Å². The van der Waals surface area contributed by atoms with Gasteiger partial charge in [-0.05, 0) is 12.1 Å². The fraction of sp³-hybridized carbons (Fsp3) is 0.167. The normalized spacial score (nSPS) is 14.2. The number of phenols is 2. The van der Waals surface area contributed by atoms with Crippen LogP contribution in [0.15, 0.2) is 24.0 Å². The fourth-order valence-electron chi connectivity index (χ4n) is 1.70. The second-order valence-corrected chi connectivity index (χ2v) is 3.63. The Labute approximate surface area is 102 Å². The number of carbonyl (C=O) groups excluding carboxylic acids is 2. The highest BCUT2D eigenvalue weighted by atomic mass is 16.5. The molecule has 18 heavy (non-hydrogen) atoms. The summed E-state index contributed by atoms with van der Waals surface area (Å²) in [6.45, 7) is -0.447. The Morgan fingerprint density at radius 1 is 1.06 bits per heavy atom. The molecule has 0 aromatic heterocycles. The summed E-state index contributed by atoms with van der Waals surface area (Å²) in [5.74, 6) is -2.38. The highest BCUT2D eigenvalue weighted by molar-refractivity contribution is 6.25. The molecular formula is C12H10O6. The zero-order valence-electron chi connectivity index (χ0n) is 9.21. The maximum atomic E-state index is 11.9. The molecule has 0 aliphatic heterocycles. The summed E-state index contributed by atoms with van der Waals surface area (Å²) in [6.07, 6.45) is 0.930. The number of hydrogen-bond acceptors (Lipinski definition) is 6. The van der Waals surface area contributed by atoms with E-state index >= 15 is 0 Å². The Morgan fingerprint density at radius 2 is 1.67 bits per heavy atom. The van der Waals surface area contributed by atoms with E-state index in [4.69, 9.17) is 9.84 Å². The van der Waals surface area contributed by atoms with Gasteiger partial charge in [0.25, 0.3) is 0 Å². The number of ether oxygens (including phenoxy) is 1. The summed E-state index contributed by atoms with van der Waals surface area (Å²) in [6, 6.07) is 2.25. The summed E-state index contributed by atoms with van der Waals surface area (Å²) in [5.41, 5.74) is -0.521. The van der Waals surface area contributed by atoms with E-state index in [0.29, 0.717) is 0 Å². The lowest BCUT2D eigenvalue weighted by Gasteiger charge is -2.17. The number of allylic oxidation sites excluding steroid dienone is 2. The minimum Gasteiger partial charge on any atom is -0.507 e. The molecule has 6 nitrogen and oxygen atoms in total. The van der Waals surface area contributed by atoms with Crippen molar-refractivity contribution in [3.63, 3.8) is 0 Å². The predicted molar refractivity (Wildman–Crippen MR) is 59.6 cm³/mol. The maximum Gasteiger partial charge on any atom is 0.232 e. The van der Waals surface area contributed by atoms with Crippen molar-refractivity contribution in [2.75, 3.05) is 13.2 Å². The Bertz CT molecular complexity index is 558. The monoisotopic (exact) mass is 250 g/mol. The molecule has 0 bridgehead atoms. The van der Waals surface area contributed by atoms with Gasteiger partial charge in [-0.25, -0.2) is 0 Å². The Hall–Kier alpha value is -2.34. The summed E-state index contributed by atoms with van der Waals surface area (Å²) in [7, 11) is 0. The van der Waals surface area contributed by atoms with Crippen molar-refractivity contribution in [1.29, 1.82) is 0 Å². The molecule has 0 atom stereocenters. The average molecular weight is 250 g/mol. The molecule has 3 N–H and O–H groups in total. The number of phenolic OH excluding ortho intramolecular Hbond substituents is 2. The first-order valence-corrected chi connectivity index (χ1v) is 5.15. The molecule has 94 valence electrons. The average Bonchev–Trinajstić information content (AvgIpc) is 2.34. The van der Waals surface area contributed by atoms with Gasteiger partial charge in [0.15, 0.2) is 11.5 Å². The van der Waals surface area contributed by atoms with Crippen LogP contribution in [0.2, 0.25) is 0 Å². The SMILES string of the molecule is O=C1C=C(OCCO)C(=O)c2c(O)ccc(O)c21. The number of aliphatic hydroxyl groups is 1. The first-order chi connectivity index (χ1) is 8.56. The van der Waals surface area contributed by atoms with Crippen LogP contribution in [0.5, 0.6) is 11.5 Å². The van der Waals surface area contributed by atoms with Crippen molar-refractivity contribution in [2.24, 2.45) is 0 Å². The number of carbonyl (C=O) groups is 2. The molecule has 0 heterocycles. The lowest BCUT2D eigenvalue weighted by Crippen LogP contribution is -2.20. The summed E-state index contributed by atoms with van der Waals surface area (Å²) in [4.78, 5) is 23.7. The number of hydrogen-bond donors (Lipinski definition) is 3. The van der Waals surface area contributed by atoms with E-state index in [1.54, 1.807) is 0 Å². The molecule has 1 aliphatic carbocycles. The number of benzene rings is 1. The van der Waals surface area contributed by atoms with Crippen LogP contribution in [-0.2, 0) is 4.74 Å². The zero-order chi connectivity index (χ0) is 13.3. The van der Waals surface area contributed by atoms with E-state index in [1.807, 2.05) is 0 Å². The van der Waals surface area contributed by atoms with Crippen LogP contribution in [0.3, 0.4) is 0 Å². The van der Waals surface area contributed by atoms with Crippen LogP contribution < -0.4 is 0 Å². The second kappa shape index (κ2) is 4.50. The van der Waals surface area contributed by atoms with Gasteiger partial charge < -0.3 is 20.1 Å². The third kappa shape index (κ3) is 1.82. The lowest BCUT2D eigenvalue weighted by molar-refractivity contribution is 0.0835. The Balaban J connectivity index is 2.51. The highest BCUT2D eigenvalue weighted by Crippen LogP contribution is 2.34. The Kier molecular flexibility index (Phi) is 3.03. The van der Waals surface area contributed by atoms with Crippen molar-refractivity contribution in [2.45, 2.75) is 0 Å². The molecule has 1 aliphatic rings. The van der Waals surface area contributed by atoms with E-state index in [-0.39, 0.29) is 35.8 Å². The highest BCUT2D eigenvalue weighted by Gasteiger charge is 2.32. The molecule has 0 unspecified atom stereocenters.